The molecule has 3 aromatic rings. The van der Waals surface area contributed by atoms with Crippen LogP contribution in [0.25, 0.3) is 22.2 Å². The quantitative estimate of drug-likeness (QED) is 0.704. The molecule has 18 heavy (non-hydrogen) atoms. The molecule has 0 atom stereocenters. The van der Waals surface area contributed by atoms with Gasteiger partial charge in [0, 0.05) is 36.8 Å². The molecule has 5 nitrogen and oxygen atoms in total. The number of nitrogen functional groups attached to an aromatic ring is 1. The topological polar surface area (TPSA) is 69.6 Å². The van der Waals surface area contributed by atoms with Gasteiger partial charge < -0.3 is 5.73 Å². The Morgan fingerprint density at radius 3 is 2.83 bits per heavy atom. The van der Waals surface area contributed by atoms with Crippen LogP contribution < -0.4 is 5.73 Å². The van der Waals surface area contributed by atoms with E-state index in [1.807, 2.05) is 26.1 Å². The van der Waals surface area contributed by atoms with Gasteiger partial charge in [-0.15, -0.1) is 0 Å². The maximum atomic E-state index is 6.24. The highest BCUT2D eigenvalue weighted by Crippen LogP contribution is 2.31. The van der Waals surface area contributed by atoms with Crippen molar-refractivity contribution in [1.29, 1.82) is 0 Å². The summed E-state index contributed by atoms with van der Waals surface area (Å²) in [5.74, 6) is 0. The minimum Gasteiger partial charge on any atom is -0.398 e. The Labute approximate surface area is 104 Å². The van der Waals surface area contributed by atoms with E-state index in [0.29, 0.717) is 5.69 Å². The first-order valence-corrected chi connectivity index (χ1v) is 5.66. The molecule has 0 aliphatic carbocycles. The van der Waals surface area contributed by atoms with Crippen molar-refractivity contribution in [3.63, 3.8) is 0 Å². The van der Waals surface area contributed by atoms with Crippen molar-refractivity contribution < 1.29 is 0 Å². The molecule has 0 spiro atoms. The summed E-state index contributed by atoms with van der Waals surface area (Å²) in [7, 11) is 1.87. The normalized spacial score (nSPS) is 11.0. The minimum absolute atomic E-state index is 0.707. The molecule has 0 fully saturated rings. The van der Waals surface area contributed by atoms with Gasteiger partial charge in [0.15, 0.2) is 5.65 Å². The van der Waals surface area contributed by atoms with Crippen molar-refractivity contribution in [3.8, 4) is 11.1 Å². The average Bonchev–Trinajstić information content (AvgIpc) is 2.67. The van der Waals surface area contributed by atoms with Gasteiger partial charge in [0.25, 0.3) is 0 Å². The van der Waals surface area contributed by atoms with Crippen LogP contribution in [-0.4, -0.2) is 19.7 Å². The van der Waals surface area contributed by atoms with Crippen LogP contribution in [0, 0.1) is 6.92 Å². The Kier molecular flexibility index (Phi) is 2.26. The minimum atomic E-state index is 0.707. The smallest absolute Gasteiger partial charge is 0.159 e. The van der Waals surface area contributed by atoms with Crippen molar-refractivity contribution in [2.75, 3.05) is 5.73 Å². The molecule has 0 bridgehead atoms. The zero-order valence-electron chi connectivity index (χ0n) is 10.3. The summed E-state index contributed by atoms with van der Waals surface area (Å²) in [5.41, 5.74) is 10.5. The van der Waals surface area contributed by atoms with Gasteiger partial charge in [-0.2, -0.15) is 5.10 Å². The van der Waals surface area contributed by atoms with Gasteiger partial charge in [0.2, 0.25) is 0 Å². The van der Waals surface area contributed by atoms with Crippen LogP contribution in [0.2, 0.25) is 0 Å². The second kappa shape index (κ2) is 3.80. The van der Waals surface area contributed by atoms with Gasteiger partial charge >= 0.3 is 0 Å². The van der Waals surface area contributed by atoms with E-state index in [1.54, 1.807) is 23.3 Å². The summed E-state index contributed by atoms with van der Waals surface area (Å²) in [6.45, 7) is 1.94. The lowest BCUT2D eigenvalue weighted by Crippen LogP contribution is -1.96. The van der Waals surface area contributed by atoms with E-state index in [4.69, 9.17) is 5.73 Å². The second-order valence-electron chi connectivity index (χ2n) is 4.23. The molecule has 0 aromatic carbocycles. The van der Waals surface area contributed by atoms with Crippen molar-refractivity contribution in [1.82, 2.24) is 19.7 Å². The van der Waals surface area contributed by atoms with Gasteiger partial charge in [-0.05, 0) is 13.0 Å². The highest BCUT2D eigenvalue weighted by molar-refractivity contribution is 5.98. The van der Waals surface area contributed by atoms with E-state index in [9.17, 15) is 0 Å². The second-order valence-corrected chi connectivity index (χ2v) is 4.23. The molecule has 0 aliphatic heterocycles. The first-order chi connectivity index (χ1) is 8.68. The number of nitrogens with two attached hydrogens (primary N) is 1. The zero-order chi connectivity index (χ0) is 12.7. The van der Waals surface area contributed by atoms with Crippen LogP contribution in [0.5, 0.6) is 0 Å². The van der Waals surface area contributed by atoms with Crippen LogP contribution in [0.1, 0.15) is 5.69 Å². The lowest BCUT2D eigenvalue weighted by atomic mass is 10.1. The van der Waals surface area contributed by atoms with Crippen molar-refractivity contribution >= 4 is 16.7 Å². The van der Waals surface area contributed by atoms with E-state index in [0.717, 1.165) is 27.9 Å². The molecule has 0 saturated carbocycles. The number of hydrogen-bond acceptors (Lipinski definition) is 4. The molecule has 3 rings (SSSR count). The van der Waals surface area contributed by atoms with Gasteiger partial charge in [-0.25, -0.2) is 4.98 Å². The average molecular weight is 239 g/mol. The fraction of sp³-hybridized carbons (Fsp3) is 0.154. The Balaban J connectivity index is 2.33. The van der Waals surface area contributed by atoms with E-state index in [1.165, 1.54) is 0 Å². The maximum Gasteiger partial charge on any atom is 0.159 e. The number of aryl methyl sites for hydroxylation is 2. The van der Waals surface area contributed by atoms with Crippen LogP contribution in [0.3, 0.4) is 0 Å². The highest BCUT2D eigenvalue weighted by atomic mass is 15.3. The number of nitrogens with zero attached hydrogens (tertiary/aromatic N) is 4. The van der Waals surface area contributed by atoms with Crippen molar-refractivity contribution in [2.45, 2.75) is 6.92 Å². The largest absolute Gasteiger partial charge is 0.398 e. The molecule has 0 saturated heterocycles. The van der Waals surface area contributed by atoms with E-state index >= 15 is 0 Å². The number of pyridine rings is 2. The monoisotopic (exact) mass is 239 g/mol. The standard InChI is InChI=1S/C13H13N5/c1-8-11-12(14)10(9-4-3-5-15-6-9)7-16-13(11)18(2)17-8/h3-7H,1-2H3,(H2,14,16). The Bertz CT molecular complexity index is 715. The summed E-state index contributed by atoms with van der Waals surface area (Å²) in [6, 6.07) is 3.85. The highest BCUT2D eigenvalue weighted by Gasteiger charge is 2.13. The molecular weight excluding hydrogens is 226 g/mol. The first kappa shape index (κ1) is 10.7. The number of aromatic nitrogens is 4. The van der Waals surface area contributed by atoms with Crippen LogP contribution in [-0.2, 0) is 7.05 Å². The molecule has 3 heterocycles. The third-order valence-corrected chi connectivity index (χ3v) is 3.04. The summed E-state index contributed by atoms with van der Waals surface area (Å²) in [6.07, 6.45) is 5.29. The Morgan fingerprint density at radius 2 is 2.11 bits per heavy atom. The molecule has 2 N–H and O–H groups in total. The van der Waals surface area contributed by atoms with E-state index < -0.39 is 0 Å². The van der Waals surface area contributed by atoms with Crippen LogP contribution in [0.15, 0.2) is 30.7 Å². The number of anilines is 1. The molecule has 0 amide bonds. The fourth-order valence-electron chi connectivity index (χ4n) is 2.19. The maximum absolute atomic E-state index is 6.24. The number of rotatable bonds is 1. The third kappa shape index (κ3) is 1.44. The van der Waals surface area contributed by atoms with E-state index in [-0.39, 0.29) is 0 Å². The molecule has 0 radical (unpaired) electrons. The molecule has 0 aliphatic rings. The molecule has 5 heteroatoms. The van der Waals surface area contributed by atoms with Crippen LogP contribution >= 0.6 is 0 Å². The lowest BCUT2D eigenvalue weighted by Gasteiger charge is -2.06. The predicted octanol–water partition coefficient (Wildman–Crippen LogP) is 1.92. The van der Waals surface area contributed by atoms with Gasteiger partial charge in [-0.3, -0.25) is 9.67 Å². The summed E-state index contributed by atoms with van der Waals surface area (Å²) in [4.78, 5) is 8.54. The molecular formula is C13H13N5. The Hall–Kier alpha value is -2.43. The van der Waals surface area contributed by atoms with Gasteiger partial charge in [0.05, 0.1) is 16.8 Å². The molecule has 3 aromatic heterocycles. The summed E-state index contributed by atoms with van der Waals surface area (Å²) < 4.78 is 1.74. The van der Waals surface area contributed by atoms with Crippen molar-refractivity contribution in [2.24, 2.45) is 7.05 Å². The first-order valence-electron chi connectivity index (χ1n) is 5.66. The fourth-order valence-corrected chi connectivity index (χ4v) is 2.19. The van der Waals surface area contributed by atoms with Gasteiger partial charge in [-0.1, -0.05) is 6.07 Å². The van der Waals surface area contributed by atoms with E-state index in [2.05, 4.69) is 15.1 Å². The summed E-state index contributed by atoms with van der Waals surface area (Å²) >= 11 is 0. The van der Waals surface area contributed by atoms with Gasteiger partial charge in [0.1, 0.15) is 0 Å². The van der Waals surface area contributed by atoms with Crippen molar-refractivity contribution in [3.05, 3.63) is 36.4 Å². The third-order valence-electron chi connectivity index (χ3n) is 3.04. The zero-order valence-corrected chi connectivity index (χ0v) is 10.3. The Morgan fingerprint density at radius 1 is 1.28 bits per heavy atom. The lowest BCUT2D eigenvalue weighted by molar-refractivity contribution is 0.774. The van der Waals surface area contributed by atoms with Crippen LogP contribution in [0.4, 0.5) is 5.69 Å². The summed E-state index contributed by atoms with van der Waals surface area (Å²) in [5, 5.41) is 5.26. The molecule has 90 valence electrons. The molecule has 0 unspecified atom stereocenters. The number of hydrogen-bond donors (Lipinski definition) is 1. The SMILES string of the molecule is Cc1nn(C)c2ncc(-c3cccnc3)c(N)c12. The number of fused-ring (bicyclic) bond motifs is 1. The predicted molar refractivity (Wildman–Crippen MR) is 70.9 cm³/mol.